The third kappa shape index (κ3) is 7.23. The van der Waals surface area contributed by atoms with E-state index in [4.69, 9.17) is 14.2 Å². The van der Waals surface area contributed by atoms with E-state index in [1.54, 1.807) is 0 Å². The van der Waals surface area contributed by atoms with Crippen molar-refractivity contribution in [3.8, 4) is 11.1 Å². The predicted octanol–water partition coefficient (Wildman–Crippen LogP) is 5.83. The first-order valence-corrected chi connectivity index (χ1v) is 13.5. The molecule has 2 fully saturated rings. The molecule has 204 valence electrons. The molecule has 8 heteroatoms. The van der Waals surface area contributed by atoms with Crippen molar-refractivity contribution in [3.63, 3.8) is 0 Å². The van der Waals surface area contributed by atoms with Crippen LogP contribution in [0.3, 0.4) is 0 Å². The Kier molecular flexibility index (Phi) is 8.56. The molecule has 0 aromatic heterocycles. The largest absolute Gasteiger partial charge is 0.443 e. The van der Waals surface area contributed by atoms with Crippen molar-refractivity contribution < 1.29 is 23.8 Å². The van der Waals surface area contributed by atoms with Crippen LogP contribution in [0.4, 0.5) is 16.2 Å². The molecule has 3 aromatic carbocycles. The van der Waals surface area contributed by atoms with Crippen LogP contribution in [0.1, 0.15) is 38.0 Å². The molecule has 0 radical (unpaired) electrons. The number of benzene rings is 3. The van der Waals surface area contributed by atoms with E-state index < -0.39 is 11.7 Å². The average Bonchev–Trinajstić information content (AvgIpc) is 3.49. The van der Waals surface area contributed by atoms with Crippen molar-refractivity contribution in [1.29, 1.82) is 0 Å². The van der Waals surface area contributed by atoms with Gasteiger partial charge in [0.15, 0.2) is 6.29 Å². The number of carbonyl (C=O) groups excluding carboxylic acids is 2. The van der Waals surface area contributed by atoms with Gasteiger partial charge in [0.1, 0.15) is 5.60 Å². The van der Waals surface area contributed by atoms with Crippen LogP contribution in [0.5, 0.6) is 0 Å². The summed E-state index contributed by atoms with van der Waals surface area (Å²) in [5.41, 5.74) is 3.83. The van der Waals surface area contributed by atoms with Crippen molar-refractivity contribution >= 4 is 23.4 Å². The number of rotatable bonds is 8. The van der Waals surface area contributed by atoms with Crippen LogP contribution in [0.15, 0.2) is 78.9 Å². The number of hydrogen-bond donors (Lipinski definition) is 2. The molecule has 0 aliphatic carbocycles. The second kappa shape index (κ2) is 12.4. The first kappa shape index (κ1) is 26.9. The van der Waals surface area contributed by atoms with Crippen LogP contribution in [0, 0.1) is 0 Å². The molecule has 39 heavy (non-hydrogen) atoms. The second-order valence-corrected chi connectivity index (χ2v) is 10.2. The Morgan fingerprint density at radius 3 is 2.28 bits per heavy atom. The number of amides is 2. The average molecular weight is 530 g/mol. The summed E-state index contributed by atoms with van der Waals surface area (Å²) in [6, 6.07) is 25.2. The Bertz CT molecular complexity index is 1250. The van der Waals surface area contributed by atoms with Crippen LogP contribution in [0.2, 0.25) is 0 Å². The number of likely N-dealkylation sites (tertiary alicyclic amines) is 1. The minimum Gasteiger partial charge on any atom is -0.443 e. The van der Waals surface area contributed by atoms with Crippen molar-refractivity contribution in [2.45, 2.75) is 38.1 Å². The number of piperidine rings is 1. The van der Waals surface area contributed by atoms with Crippen LogP contribution < -0.4 is 10.6 Å². The van der Waals surface area contributed by atoms with Gasteiger partial charge in [-0.25, -0.2) is 4.79 Å². The highest BCUT2D eigenvalue weighted by Crippen LogP contribution is 2.30. The summed E-state index contributed by atoms with van der Waals surface area (Å²) in [4.78, 5) is 27.6. The molecule has 0 atom stereocenters. The summed E-state index contributed by atoms with van der Waals surface area (Å²) in [6.07, 6.45) is 1.03. The highest BCUT2D eigenvalue weighted by molar-refractivity contribution is 5.92. The molecule has 2 aliphatic rings. The lowest BCUT2D eigenvalue weighted by Crippen LogP contribution is -2.46. The first-order valence-electron chi connectivity index (χ1n) is 13.5. The van der Waals surface area contributed by atoms with E-state index in [0.717, 1.165) is 41.2 Å². The van der Waals surface area contributed by atoms with Crippen LogP contribution >= 0.6 is 0 Å². The lowest BCUT2D eigenvalue weighted by molar-refractivity contribution is -0.116. The molecular weight excluding hydrogens is 494 g/mol. The summed E-state index contributed by atoms with van der Waals surface area (Å²) in [5, 5.41) is 5.89. The fraction of sp³-hybridized carbons (Fsp3) is 0.355. The van der Waals surface area contributed by atoms with E-state index in [-0.39, 0.29) is 12.2 Å². The van der Waals surface area contributed by atoms with Gasteiger partial charge >= 0.3 is 6.09 Å². The molecule has 3 aromatic rings. The topological polar surface area (TPSA) is 89.1 Å². The quantitative estimate of drug-likeness (QED) is 0.382. The van der Waals surface area contributed by atoms with Gasteiger partial charge in [-0.15, -0.1) is 0 Å². The standard InChI is InChI=1S/C31H35N3O5/c1-31(39-30(36)33-27-10-6-5-9-26(27)23-7-3-2-4-8-23)16-19-34(20-17-31)18-15-28(35)32-25-13-11-24(12-14-25)29-37-21-22-38-29/h2-14,29H,15-22H2,1H3,(H,32,35)(H,33,36). The number of ether oxygens (including phenoxy) is 3. The van der Waals surface area contributed by atoms with E-state index >= 15 is 0 Å². The number of anilines is 2. The zero-order chi connectivity index (χ0) is 27.1. The summed E-state index contributed by atoms with van der Waals surface area (Å²) in [5.74, 6) is -0.0304. The van der Waals surface area contributed by atoms with Gasteiger partial charge < -0.3 is 24.4 Å². The second-order valence-electron chi connectivity index (χ2n) is 10.2. The monoisotopic (exact) mass is 529 g/mol. The van der Waals surface area contributed by atoms with Gasteiger partial charge in [0.25, 0.3) is 0 Å². The number of hydrogen-bond acceptors (Lipinski definition) is 6. The Morgan fingerprint density at radius 1 is 0.897 bits per heavy atom. The zero-order valence-electron chi connectivity index (χ0n) is 22.2. The Balaban J connectivity index is 1.05. The van der Waals surface area contributed by atoms with Crippen LogP contribution in [-0.2, 0) is 19.0 Å². The van der Waals surface area contributed by atoms with Crippen molar-refractivity contribution in [1.82, 2.24) is 4.90 Å². The maximum atomic E-state index is 12.8. The van der Waals surface area contributed by atoms with Gasteiger partial charge in [-0.2, -0.15) is 0 Å². The molecule has 2 amide bonds. The minimum atomic E-state index is -0.557. The first-order chi connectivity index (χ1) is 19.0. The normalized spacial score (nSPS) is 17.5. The van der Waals surface area contributed by atoms with Gasteiger partial charge in [-0.3, -0.25) is 10.1 Å². The van der Waals surface area contributed by atoms with Crippen molar-refractivity contribution in [2.24, 2.45) is 0 Å². The Labute approximate surface area is 229 Å². The van der Waals surface area contributed by atoms with E-state index in [9.17, 15) is 9.59 Å². The SMILES string of the molecule is CC1(OC(=O)Nc2ccccc2-c2ccccc2)CCN(CCC(=O)Nc2ccc(C3OCCO3)cc2)CC1. The van der Waals surface area contributed by atoms with Gasteiger partial charge in [0.2, 0.25) is 5.91 Å². The molecule has 2 saturated heterocycles. The molecule has 0 unspecified atom stereocenters. The maximum Gasteiger partial charge on any atom is 0.412 e. The predicted molar refractivity (Wildman–Crippen MR) is 150 cm³/mol. The lowest BCUT2D eigenvalue weighted by atomic mass is 9.93. The molecule has 0 bridgehead atoms. The van der Waals surface area contributed by atoms with Crippen molar-refractivity contribution in [3.05, 3.63) is 84.4 Å². The highest BCUT2D eigenvalue weighted by atomic mass is 16.7. The van der Waals surface area contributed by atoms with Crippen LogP contribution in [0.25, 0.3) is 11.1 Å². The van der Waals surface area contributed by atoms with Gasteiger partial charge in [0.05, 0.1) is 18.9 Å². The fourth-order valence-electron chi connectivity index (χ4n) is 4.93. The molecule has 0 spiro atoms. The molecule has 0 saturated carbocycles. The number of carbonyl (C=O) groups is 2. The molecule has 8 nitrogen and oxygen atoms in total. The number of para-hydroxylation sites is 1. The molecule has 2 heterocycles. The van der Waals surface area contributed by atoms with Gasteiger partial charge in [-0.1, -0.05) is 60.7 Å². The van der Waals surface area contributed by atoms with E-state index in [1.165, 1.54) is 0 Å². The zero-order valence-corrected chi connectivity index (χ0v) is 22.2. The lowest BCUT2D eigenvalue weighted by Gasteiger charge is -2.38. The summed E-state index contributed by atoms with van der Waals surface area (Å²) >= 11 is 0. The third-order valence-corrected chi connectivity index (χ3v) is 7.24. The van der Waals surface area contributed by atoms with Gasteiger partial charge in [-0.05, 0) is 43.5 Å². The summed E-state index contributed by atoms with van der Waals surface area (Å²) in [6.45, 7) is 5.34. The van der Waals surface area contributed by atoms with E-state index in [0.29, 0.717) is 39.0 Å². The number of nitrogens with one attached hydrogen (secondary N) is 2. The Hall–Kier alpha value is -3.72. The van der Waals surface area contributed by atoms with E-state index in [2.05, 4.69) is 15.5 Å². The molecule has 2 aliphatic heterocycles. The minimum absolute atomic E-state index is 0.0304. The molecule has 5 rings (SSSR count). The fourth-order valence-corrected chi connectivity index (χ4v) is 4.93. The third-order valence-electron chi connectivity index (χ3n) is 7.24. The molecule has 2 N–H and O–H groups in total. The number of nitrogens with zero attached hydrogens (tertiary/aromatic N) is 1. The van der Waals surface area contributed by atoms with Crippen molar-refractivity contribution in [2.75, 3.05) is 43.5 Å². The Morgan fingerprint density at radius 2 is 1.56 bits per heavy atom. The molecular formula is C31H35N3O5. The van der Waals surface area contributed by atoms with Gasteiger partial charge in [0, 0.05) is 42.9 Å². The summed E-state index contributed by atoms with van der Waals surface area (Å²) in [7, 11) is 0. The maximum absolute atomic E-state index is 12.8. The van der Waals surface area contributed by atoms with E-state index in [1.807, 2.05) is 85.8 Å². The van der Waals surface area contributed by atoms with Crippen LogP contribution in [-0.4, -0.2) is 55.3 Å². The smallest absolute Gasteiger partial charge is 0.412 e. The summed E-state index contributed by atoms with van der Waals surface area (Å²) < 4.78 is 16.9. The highest BCUT2D eigenvalue weighted by Gasteiger charge is 2.34.